The quantitative estimate of drug-likeness (QED) is 0.794. The molecular weight excluding hydrogens is 294 g/mol. The predicted octanol–water partition coefficient (Wildman–Crippen LogP) is 2.19. The summed E-state index contributed by atoms with van der Waals surface area (Å²) in [5.41, 5.74) is 0.805. The molecule has 3 rings (SSSR count). The monoisotopic (exact) mass is 309 g/mol. The van der Waals surface area contributed by atoms with E-state index in [0.717, 1.165) is 21.7 Å². The second-order valence-corrected chi connectivity index (χ2v) is 6.65. The number of aromatic amines is 1. The zero-order chi connectivity index (χ0) is 14.4. The molecule has 0 spiro atoms. The normalized spacial score (nSPS) is 19.3. The summed E-state index contributed by atoms with van der Waals surface area (Å²) in [5, 5.41) is 3.45. The average Bonchev–Trinajstić information content (AvgIpc) is 2.67. The molecule has 1 amide bonds. The maximum Gasteiger partial charge on any atom is 0.264 e. The van der Waals surface area contributed by atoms with Crippen molar-refractivity contribution in [3.8, 4) is 0 Å². The number of fused-ring (bicyclic) bond motifs is 1. The van der Waals surface area contributed by atoms with Gasteiger partial charge in [0.2, 0.25) is 5.91 Å². The molecule has 3 heterocycles. The summed E-state index contributed by atoms with van der Waals surface area (Å²) in [6.07, 6.45) is 1.51. The highest BCUT2D eigenvalue weighted by molar-refractivity contribution is 7.71. The Morgan fingerprint density at radius 1 is 1.35 bits per heavy atom. The van der Waals surface area contributed by atoms with Crippen molar-refractivity contribution in [3.63, 3.8) is 0 Å². The first-order chi connectivity index (χ1) is 9.50. The van der Waals surface area contributed by atoms with Crippen LogP contribution in [0.4, 0.5) is 0 Å². The molecule has 0 radical (unpaired) electrons. The summed E-state index contributed by atoms with van der Waals surface area (Å²) in [5.74, 6) is -0.123. The van der Waals surface area contributed by atoms with Crippen LogP contribution in [0.3, 0.4) is 0 Å². The Hall–Kier alpha value is -1.47. The smallest absolute Gasteiger partial charge is 0.264 e. The Balaban J connectivity index is 2.31. The first-order valence-corrected chi connectivity index (χ1v) is 7.75. The van der Waals surface area contributed by atoms with E-state index in [2.05, 4.69) is 10.3 Å². The Kier molecular flexibility index (Phi) is 3.25. The highest BCUT2D eigenvalue weighted by Gasteiger charge is 2.27. The van der Waals surface area contributed by atoms with E-state index in [4.69, 9.17) is 12.2 Å². The van der Waals surface area contributed by atoms with Crippen LogP contribution in [0.25, 0.3) is 10.2 Å². The standard InChI is InChI=1S/C13H15N3O2S2/c1-6-7(2)20-11-9(6)12(18)16(13(19)15-11)8-4-3-5-14-10(8)17/h8H,3-5H2,1-2H3,(H,14,17)(H,15,19). The highest BCUT2D eigenvalue weighted by atomic mass is 32.1. The SMILES string of the molecule is Cc1sc2[nH]c(=S)n(C3CCCNC3=O)c(=O)c2c1C. The molecule has 7 heteroatoms. The molecule has 1 atom stereocenters. The molecule has 2 N–H and O–H groups in total. The predicted molar refractivity (Wildman–Crippen MR) is 82.0 cm³/mol. The molecule has 1 aliphatic rings. The number of thiophene rings is 1. The largest absolute Gasteiger partial charge is 0.354 e. The van der Waals surface area contributed by atoms with Crippen molar-refractivity contribution < 1.29 is 4.79 Å². The van der Waals surface area contributed by atoms with E-state index >= 15 is 0 Å². The average molecular weight is 309 g/mol. The van der Waals surface area contributed by atoms with Crippen LogP contribution in [0.1, 0.15) is 29.3 Å². The number of carbonyl (C=O) groups excluding carboxylic acids is 1. The van der Waals surface area contributed by atoms with E-state index in [9.17, 15) is 9.59 Å². The number of hydrogen-bond acceptors (Lipinski definition) is 4. The summed E-state index contributed by atoms with van der Waals surface area (Å²) < 4.78 is 1.76. The van der Waals surface area contributed by atoms with Crippen molar-refractivity contribution in [2.45, 2.75) is 32.7 Å². The molecule has 0 bridgehead atoms. The van der Waals surface area contributed by atoms with Gasteiger partial charge in [0.1, 0.15) is 10.9 Å². The van der Waals surface area contributed by atoms with Gasteiger partial charge in [-0.25, -0.2) is 0 Å². The zero-order valence-corrected chi connectivity index (χ0v) is 12.9. The van der Waals surface area contributed by atoms with Crippen LogP contribution in [0.15, 0.2) is 4.79 Å². The summed E-state index contributed by atoms with van der Waals surface area (Å²) >= 11 is 6.81. The van der Waals surface area contributed by atoms with Crippen molar-refractivity contribution in [3.05, 3.63) is 25.6 Å². The Labute approximate surface area is 124 Å². The van der Waals surface area contributed by atoms with Gasteiger partial charge in [0.15, 0.2) is 4.77 Å². The van der Waals surface area contributed by atoms with Gasteiger partial charge in [-0.1, -0.05) is 0 Å². The molecular formula is C13H15N3O2S2. The number of carbonyl (C=O) groups is 1. The third kappa shape index (κ3) is 1.92. The van der Waals surface area contributed by atoms with Gasteiger partial charge in [-0.2, -0.15) is 0 Å². The molecule has 0 aliphatic carbocycles. The van der Waals surface area contributed by atoms with E-state index in [0.29, 0.717) is 23.1 Å². The van der Waals surface area contributed by atoms with Gasteiger partial charge in [-0.15, -0.1) is 11.3 Å². The topological polar surface area (TPSA) is 66.9 Å². The van der Waals surface area contributed by atoms with Crippen molar-refractivity contribution >= 4 is 39.7 Å². The number of aryl methyl sites for hydroxylation is 2. The fraction of sp³-hybridized carbons (Fsp3) is 0.462. The molecule has 1 aliphatic heterocycles. The Morgan fingerprint density at radius 2 is 2.10 bits per heavy atom. The summed E-state index contributed by atoms with van der Waals surface area (Å²) in [6, 6.07) is -0.496. The fourth-order valence-corrected chi connectivity index (χ4v) is 4.06. The van der Waals surface area contributed by atoms with E-state index in [-0.39, 0.29) is 11.5 Å². The summed E-state index contributed by atoms with van der Waals surface area (Å²) in [7, 11) is 0. The first-order valence-electron chi connectivity index (χ1n) is 6.53. The van der Waals surface area contributed by atoms with E-state index < -0.39 is 6.04 Å². The lowest BCUT2D eigenvalue weighted by Crippen LogP contribution is -2.42. The van der Waals surface area contributed by atoms with Crippen LogP contribution in [0.2, 0.25) is 0 Å². The van der Waals surface area contributed by atoms with Gasteiger partial charge < -0.3 is 10.3 Å². The second-order valence-electron chi connectivity index (χ2n) is 5.04. The maximum atomic E-state index is 12.7. The number of nitrogens with one attached hydrogen (secondary N) is 2. The molecule has 0 saturated carbocycles. The minimum Gasteiger partial charge on any atom is -0.354 e. The van der Waals surface area contributed by atoms with Crippen LogP contribution in [-0.4, -0.2) is 22.0 Å². The van der Waals surface area contributed by atoms with Crippen molar-refractivity contribution in [1.29, 1.82) is 0 Å². The number of rotatable bonds is 1. The van der Waals surface area contributed by atoms with Crippen LogP contribution in [0, 0.1) is 18.6 Å². The minimum absolute atomic E-state index is 0.123. The number of hydrogen-bond donors (Lipinski definition) is 2. The number of nitrogens with zero attached hydrogens (tertiary/aromatic N) is 1. The van der Waals surface area contributed by atoms with Crippen molar-refractivity contribution in [2.24, 2.45) is 0 Å². The maximum absolute atomic E-state index is 12.7. The lowest BCUT2D eigenvalue weighted by Gasteiger charge is -2.23. The Morgan fingerprint density at radius 3 is 2.80 bits per heavy atom. The van der Waals surface area contributed by atoms with E-state index in [1.165, 1.54) is 15.9 Å². The molecule has 1 unspecified atom stereocenters. The molecule has 106 valence electrons. The molecule has 1 saturated heterocycles. The Bertz CT molecular complexity index is 815. The van der Waals surface area contributed by atoms with Crippen LogP contribution >= 0.6 is 23.6 Å². The molecule has 1 fully saturated rings. The van der Waals surface area contributed by atoms with Crippen LogP contribution in [-0.2, 0) is 4.79 Å². The molecule has 20 heavy (non-hydrogen) atoms. The zero-order valence-electron chi connectivity index (χ0n) is 11.3. The van der Waals surface area contributed by atoms with Gasteiger partial charge >= 0.3 is 0 Å². The molecule has 0 aromatic carbocycles. The van der Waals surface area contributed by atoms with Gasteiger partial charge in [0, 0.05) is 11.4 Å². The highest BCUT2D eigenvalue weighted by Crippen LogP contribution is 2.27. The fourth-order valence-electron chi connectivity index (χ4n) is 2.63. The third-order valence-corrected chi connectivity index (χ3v) is 5.25. The van der Waals surface area contributed by atoms with Crippen molar-refractivity contribution in [1.82, 2.24) is 14.9 Å². The van der Waals surface area contributed by atoms with E-state index in [1.807, 2.05) is 13.8 Å². The lowest BCUT2D eigenvalue weighted by atomic mass is 10.1. The first kappa shape index (κ1) is 13.5. The number of aromatic nitrogens is 2. The number of H-pyrrole nitrogens is 1. The summed E-state index contributed by atoms with van der Waals surface area (Å²) in [6.45, 7) is 4.57. The molecule has 2 aromatic rings. The minimum atomic E-state index is -0.496. The van der Waals surface area contributed by atoms with Crippen LogP contribution < -0.4 is 10.9 Å². The summed E-state index contributed by atoms with van der Waals surface area (Å²) in [4.78, 5) is 29.7. The molecule has 5 nitrogen and oxygen atoms in total. The van der Waals surface area contributed by atoms with Crippen molar-refractivity contribution in [2.75, 3.05) is 6.54 Å². The second kappa shape index (κ2) is 4.82. The molecule has 2 aromatic heterocycles. The number of piperidine rings is 1. The number of amides is 1. The van der Waals surface area contributed by atoms with E-state index in [1.54, 1.807) is 0 Å². The van der Waals surface area contributed by atoms with Gasteiger partial charge in [0.25, 0.3) is 5.56 Å². The van der Waals surface area contributed by atoms with Crippen LogP contribution in [0.5, 0.6) is 0 Å². The van der Waals surface area contributed by atoms with Gasteiger partial charge in [0.05, 0.1) is 5.39 Å². The van der Waals surface area contributed by atoms with Gasteiger partial charge in [-0.05, 0) is 44.5 Å². The third-order valence-electron chi connectivity index (χ3n) is 3.83. The van der Waals surface area contributed by atoms with Gasteiger partial charge in [-0.3, -0.25) is 14.2 Å². The lowest BCUT2D eigenvalue weighted by molar-refractivity contribution is -0.125.